The summed E-state index contributed by atoms with van der Waals surface area (Å²) in [5.74, 6) is -0.196. The van der Waals surface area contributed by atoms with Crippen LogP contribution in [0.2, 0.25) is 0 Å². The second-order valence-corrected chi connectivity index (χ2v) is 8.58. The van der Waals surface area contributed by atoms with Gasteiger partial charge in [0, 0.05) is 12.1 Å². The summed E-state index contributed by atoms with van der Waals surface area (Å²) < 4.78 is 0. The number of amides is 2. The van der Waals surface area contributed by atoms with Gasteiger partial charge in [-0.3, -0.25) is 9.59 Å². The zero-order valence-electron chi connectivity index (χ0n) is 17.9. The molecule has 0 aliphatic rings. The van der Waals surface area contributed by atoms with E-state index in [0.29, 0.717) is 6.54 Å². The summed E-state index contributed by atoms with van der Waals surface area (Å²) in [5, 5.41) is 2.99. The molecule has 4 nitrogen and oxygen atoms in total. The molecule has 2 aromatic rings. The highest BCUT2D eigenvalue weighted by Gasteiger charge is 2.28. The average molecular weight is 381 g/mol. The molecular weight excluding hydrogens is 348 g/mol. The van der Waals surface area contributed by atoms with Crippen LogP contribution in [0.15, 0.2) is 48.5 Å². The Hall–Kier alpha value is -2.62. The van der Waals surface area contributed by atoms with E-state index in [0.717, 1.165) is 16.7 Å². The van der Waals surface area contributed by atoms with Gasteiger partial charge in [0.2, 0.25) is 11.8 Å². The molecule has 4 heteroatoms. The molecule has 0 unspecified atom stereocenters. The van der Waals surface area contributed by atoms with Crippen molar-refractivity contribution in [2.75, 3.05) is 0 Å². The zero-order valence-corrected chi connectivity index (χ0v) is 17.9. The molecule has 2 rings (SSSR count). The van der Waals surface area contributed by atoms with E-state index in [2.05, 4.69) is 5.32 Å². The summed E-state index contributed by atoms with van der Waals surface area (Å²) in [7, 11) is 0. The van der Waals surface area contributed by atoms with E-state index in [1.54, 1.807) is 11.8 Å². The van der Waals surface area contributed by atoms with E-state index in [1.807, 2.05) is 83.1 Å². The van der Waals surface area contributed by atoms with Crippen molar-refractivity contribution in [1.82, 2.24) is 10.2 Å². The SMILES string of the molecule is Cc1ccc(CC(=O)N(Cc2ccc(C)cc2)[C@@H](C)C(=O)NC(C)(C)C)cc1. The Labute approximate surface area is 169 Å². The molecule has 150 valence electrons. The number of rotatable bonds is 6. The summed E-state index contributed by atoms with van der Waals surface area (Å²) in [6.45, 7) is 12.1. The Balaban J connectivity index is 2.23. The first-order valence-corrected chi connectivity index (χ1v) is 9.78. The number of carbonyl (C=O) groups is 2. The molecule has 2 amide bonds. The van der Waals surface area contributed by atoms with Crippen LogP contribution in [-0.4, -0.2) is 28.3 Å². The summed E-state index contributed by atoms with van der Waals surface area (Å²) in [5.41, 5.74) is 3.94. The highest BCUT2D eigenvalue weighted by Crippen LogP contribution is 2.14. The van der Waals surface area contributed by atoms with Crippen LogP contribution in [0, 0.1) is 13.8 Å². The monoisotopic (exact) mass is 380 g/mol. The highest BCUT2D eigenvalue weighted by atomic mass is 16.2. The number of nitrogens with zero attached hydrogens (tertiary/aromatic N) is 1. The molecular formula is C24H32N2O2. The molecule has 0 aliphatic carbocycles. The normalized spacial score (nSPS) is 12.4. The predicted octanol–water partition coefficient (Wildman–Crippen LogP) is 4.18. The maximum absolute atomic E-state index is 13.1. The molecule has 28 heavy (non-hydrogen) atoms. The Morgan fingerprint density at radius 3 is 1.82 bits per heavy atom. The van der Waals surface area contributed by atoms with Gasteiger partial charge < -0.3 is 10.2 Å². The minimum atomic E-state index is -0.557. The zero-order chi connectivity index (χ0) is 20.9. The fraction of sp³-hybridized carbons (Fsp3) is 0.417. The molecule has 0 saturated carbocycles. The number of hydrogen-bond donors (Lipinski definition) is 1. The van der Waals surface area contributed by atoms with Crippen molar-refractivity contribution in [3.05, 3.63) is 70.8 Å². The van der Waals surface area contributed by atoms with Gasteiger partial charge in [0.05, 0.1) is 6.42 Å². The highest BCUT2D eigenvalue weighted by molar-refractivity contribution is 5.88. The smallest absolute Gasteiger partial charge is 0.242 e. The van der Waals surface area contributed by atoms with Crippen LogP contribution in [0.3, 0.4) is 0 Å². The summed E-state index contributed by atoms with van der Waals surface area (Å²) in [6, 6.07) is 15.5. The van der Waals surface area contributed by atoms with Crippen LogP contribution >= 0.6 is 0 Å². The first-order chi connectivity index (χ1) is 13.0. The van der Waals surface area contributed by atoms with E-state index in [9.17, 15) is 9.59 Å². The Kier molecular flexibility index (Phi) is 7.00. The quantitative estimate of drug-likeness (QED) is 0.817. The summed E-state index contributed by atoms with van der Waals surface area (Å²) >= 11 is 0. The van der Waals surface area contributed by atoms with Crippen LogP contribution < -0.4 is 5.32 Å². The molecule has 2 aromatic carbocycles. The van der Waals surface area contributed by atoms with Gasteiger partial charge in [-0.15, -0.1) is 0 Å². The van der Waals surface area contributed by atoms with E-state index in [-0.39, 0.29) is 23.8 Å². The number of carbonyl (C=O) groups excluding carboxylic acids is 2. The maximum Gasteiger partial charge on any atom is 0.242 e. The van der Waals surface area contributed by atoms with Gasteiger partial charge in [-0.05, 0) is 52.7 Å². The van der Waals surface area contributed by atoms with Gasteiger partial charge in [-0.25, -0.2) is 0 Å². The van der Waals surface area contributed by atoms with E-state index in [1.165, 1.54) is 5.56 Å². The van der Waals surface area contributed by atoms with Crippen molar-refractivity contribution in [2.24, 2.45) is 0 Å². The maximum atomic E-state index is 13.1. The molecule has 0 aromatic heterocycles. The Morgan fingerprint density at radius 1 is 0.893 bits per heavy atom. The molecule has 0 spiro atoms. The standard InChI is InChI=1S/C24H32N2O2/c1-17-7-11-20(12-8-17)15-22(27)26(16-21-13-9-18(2)10-14-21)19(3)23(28)25-24(4,5)6/h7-14,19H,15-16H2,1-6H3,(H,25,28)/t19-/m0/s1. The average Bonchev–Trinajstić information content (AvgIpc) is 2.61. The third-order valence-corrected chi connectivity index (χ3v) is 4.61. The minimum absolute atomic E-state index is 0.0546. The van der Waals surface area contributed by atoms with Crippen LogP contribution in [0.25, 0.3) is 0 Å². The van der Waals surface area contributed by atoms with E-state index in [4.69, 9.17) is 0 Å². The summed E-state index contributed by atoms with van der Waals surface area (Å²) in [4.78, 5) is 27.5. The van der Waals surface area contributed by atoms with E-state index >= 15 is 0 Å². The van der Waals surface area contributed by atoms with Gasteiger partial charge in [0.15, 0.2) is 0 Å². The third-order valence-electron chi connectivity index (χ3n) is 4.61. The first-order valence-electron chi connectivity index (χ1n) is 9.78. The number of benzene rings is 2. The lowest BCUT2D eigenvalue weighted by Gasteiger charge is -2.31. The molecule has 0 radical (unpaired) electrons. The van der Waals surface area contributed by atoms with Crippen molar-refractivity contribution in [2.45, 2.75) is 66.1 Å². The largest absolute Gasteiger partial charge is 0.350 e. The lowest BCUT2D eigenvalue weighted by atomic mass is 10.1. The Morgan fingerprint density at radius 2 is 1.36 bits per heavy atom. The van der Waals surface area contributed by atoms with Crippen molar-refractivity contribution in [3.63, 3.8) is 0 Å². The van der Waals surface area contributed by atoms with Gasteiger partial charge in [-0.1, -0.05) is 59.7 Å². The molecule has 1 atom stereocenters. The van der Waals surface area contributed by atoms with Crippen molar-refractivity contribution < 1.29 is 9.59 Å². The predicted molar refractivity (Wildman–Crippen MR) is 114 cm³/mol. The molecule has 0 bridgehead atoms. The van der Waals surface area contributed by atoms with Gasteiger partial charge in [-0.2, -0.15) is 0 Å². The molecule has 0 heterocycles. The third kappa shape index (κ3) is 6.52. The van der Waals surface area contributed by atoms with Crippen molar-refractivity contribution in [1.29, 1.82) is 0 Å². The Bertz CT molecular complexity index is 802. The fourth-order valence-corrected chi connectivity index (χ4v) is 2.93. The molecule has 0 fully saturated rings. The number of aryl methyl sites for hydroxylation is 2. The first kappa shape index (κ1) is 21.7. The molecule has 1 N–H and O–H groups in total. The second kappa shape index (κ2) is 9.05. The second-order valence-electron chi connectivity index (χ2n) is 8.58. The van der Waals surface area contributed by atoms with Gasteiger partial charge >= 0.3 is 0 Å². The molecule has 0 aliphatic heterocycles. The molecule has 0 saturated heterocycles. The van der Waals surface area contributed by atoms with Crippen LogP contribution in [0.5, 0.6) is 0 Å². The van der Waals surface area contributed by atoms with Crippen LogP contribution in [0.1, 0.15) is 49.9 Å². The van der Waals surface area contributed by atoms with Crippen molar-refractivity contribution >= 4 is 11.8 Å². The number of hydrogen-bond acceptors (Lipinski definition) is 2. The van der Waals surface area contributed by atoms with Crippen LogP contribution in [-0.2, 0) is 22.6 Å². The fourth-order valence-electron chi connectivity index (χ4n) is 2.93. The van der Waals surface area contributed by atoms with Gasteiger partial charge in [0.25, 0.3) is 0 Å². The topological polar surface area (TPSA) is 49.4 Å². The summed E-state index contributed by atoms with van der Waals surface area (Å²) in [6.07, 6.45) is 0.277. The van der Waals surface area contributed by atoms with Gasteiger partial charge in [0.1, 0.15) is 6.04 Å². The van der Waals surface area contributed by atoms with Crippen LogP contribution in [0.4, 0.5) is 0 Å². The number of nitrogens with one attached hydrogen (secondary N) is 1. The van der Waals surface area contributed by atoms with Crippen molar-refractivity contribution in [3.8, 4) is 0 Å². The lowest BCUT2D eigenvalue weighted by Crippen LogP contribution is -2.52. The lowest BCUT2D eigenvalue weighted by molar-refractivity contribution is -0.140. The minimum Gasteiger partial charge on any atom is -0.350 e. The van der Waals surface area contributed by atoms with E-state index < -0.39 is 6.04 Å².